The number of hydrogen-bond acceptors (Lipinski definition) is 9. The smallest absolute Gasteiger partial charge is 0.419 e. The summed E-state index contributed by atoms with van der Waals surface area (Å²) in [5.74, 6) is 0.422. The molecule has 3 rings (SSSR count). The second-order valence-corrected chi connectivity index (χ2v) is 9.95. The van der Waals surface area contributed by atoms with Crippen LogP contribution in [0.25, 0.3) is 10.6 Å². The molecule has 2 atom stereocenters. The third-order valence-corrected chi connectivity index (χ3v) is 6.76. The molecular formula is C23H27F3N3O6PS. The molecule has 0 aliphatic heterocycles. The summed E-state index contributed by atoms with van der Waals surface area (Å²) in [7, 11) is -1.61. The molecule has 0 amide bonds. The maximum Gasteiger partial charge on any atom is 0.419 e. The maximum atomic E-state index is 13.7. The van der Waals surface area contributed by atoms with Gasteiger partial charge in [0.1, 0.15) is 28.1 Å². The van der Waals surface area contributed by atoms with Crippen LogP contribution >= 0.6 is 19.6 Å². The van der Waals surface area contributed by atoms with E-state index in [4.69, 9.17) is 24.8 Å². The number of methoxy groups -OCH3 is 1. The van der Waals surface area contributed by atoms with Crippen molar-refractivity contribution in [3.05, 3.63) is 58.6 Å². The van der Waals surface area contributed by atoms with Gasteiger partial charge in [-0.2, -0.15) is 13.2 Å². The molecule has 202 valence electrons. The number of nitrogens with two attached hydrogens (primary N) is 1. The molecule has 3 N–H and O–H groups in total. The average molecular weight is 562 g/mol. The van der Waals surface area contributed by atoms with Crippen LogP contribution in [-0.2, 0) is 32.0 Å². The van der Waals surface area contributed by atoms with E-state index < -0.39 is 25.5 Å². The Balaban J connectivity index is 1.60. The molecule has 0 spiro atoms. The molecule has 14 heteroatoms. The molecular weight excluding hydrogens is 534 g/mol. The molecule has 9 nitrogen and oxygen atoms in total. The molecule has 0 aliphatic rings. The highest BCUT2D eigenvalue weighted by Crippen LogP contribution is 2.40. The van der Waals surface area contributed by atoms with Crippen LogP contribution in [0.5, 0.6) is 11.5 Å². The van der Waals surface area contributed by atoms with Crippen molar-refractivity contribution < 1.29 is 41.4 Å². The van der Waals surface area contributed by atoms with Crippen LogP contribution in [0.3, 0.4) is 0 Å². The number of ether oxygens (including phenoxy) is 3. The third-order valence-electron chi connectivity index (χ3n) is 5.12. The lowest BCUT2D eigenvalue weighted by atomic mass is 10.1. The summed E-state index contributed by atoms with van der Waals surface area (Å²) in [5, 5.41) is 8.29. The van der Waals surface area contributed by atoms with Crippen LogP contribution in [0.15, 0.2) is 42.5 Å². The van der Waals surface area contributed by atoms with Gasteiger partial charge in [0.15, 0.2) is 0 Å². The van der Waals surface area contributed by atoms with Crippen LogP contribution in [0.4, 0.5) is 13.2 Å². The van der Waals surface area contributed by atoms with Gasteiger partial charge < -0.3 is 29.4 Å². The predicted molar refractivity (Wildman–Crippen MR) is 132 cm³/mol. The van der Waals surface area contributed by atoms with Gasteiger partial charge in [0.05, 0.1) is 38.0 Å². The van der Waals surface area contributed by atoms with Crippen molar-refractivity contribution >= 4 is 19.6 Å². The van der Waals surface area contributed by atoms with E-state index in [2.05, 4.69) is 14.7 Å². The summed E-state index contributed by atoms with van der Waals surface area (Å²) >= 11 is 0.962. The van der Waals surface area contributed by atoms with Crippen molar-refractivity contribution in [3.63, 3.8) is 0 Å². The summed E-state index contributed by atoms with van der Waals surface area (Å²) < 4.78 is 72.7. The van der Waals surface area contributed by atoms with Gasteiger partial charge in [-0.1, -0.05) is 23.5 Å². The Morgan fingerprint density at radius 2 is 1.81 bits per heavy atom. The molecule has 3 aromatic rings. The number of aromatic nitrogens is 2. The van der Waals surface area contributed by atoms with Gasteiger partial charge in [-0.15, -0.1) is 10.2 Å². The lowest BCUT2D eigenvalue weighted by Crippen LogP contribution is -2.37. The summed E-state index contributed by atoms with van der Waals surface area (Å²) in [4.78, 5) is 8.85. The fraction of sp³-hybridized carbons (Fsp3) is 0.391. The molecule has 2 aromatic carbocycles. The van der Waals surface area contributed by atoms with Gasteiger partial charge in [-0.25, -0.2) is 0 Å². The zero-order valence-electron chi connectivity index (χ0n) is 20.1. The standard InChI is InChI=1S/C23H27F3N3O6PS/c1-22(27,14-35-36(30)31)21-29-28-20(37-21)16-5-8-19(18(13-16)23(24,25)26)34-12-11-33-10-9-15-3-6-17(32-2)7-4-15/h3-8,13,36H,9-12,14,27H2,1-2H3,(H,30,31)/t22-/m0/s1. The van der Waals surface area contributed by atoms with Crippen LogP contribution in [0, 0.1) is 0 Å². The van der Waals surface area contributed by atoms with E-state index in [-0.39, 0.29) is 41.1 Å². The number of benzene rings is 2. The topological polar surface area (TPSA) is 126 Å². The minimum absolute atomic E-state index is 0.0620. The monoisotopic (exact) mass is 561 g/mol. The third kappa shape index (κ3) is 8.49. The fourth-order valence-electron chi connectivity index (χ4n) is 3.15. The molecule has 0 aliphatic carbocycles. The van der Waals surface area contributed by atoms with Crippen molar-refractivity contribution in [2.24, 2.45) is 5.73 Å². The van der Waals surface area contributed by atoms with E-state index >= 15 is 0 Å². The lowest BCUT2D eigenvalue weighted by Gasteiger charge is -2.19. The highest BCUT2D eigenvalue weighted by Gasteiger charge is 2.35. The molecule has 1 heterocycles. The minimum Gasteiger partial charge on any atom is -0.497 e. The Morgan fingerprint density at radius 1 is 1.08 bits per heavy atom. The fourth-order valence-corrected chi connectivity index (χ4v) is 4.46. The first-order chi connectivity index (χ1) is 17.5. The minimum atomic E-state index is -4.67. The van der Waals surface area contributed by atoms with Gasteiger partial charge >= 0.3 is 14.4 Å². The van der Waals surface area contributed by atoms with Crippen molar-refractivity contribution in [1.82, 2.24) is 10.2 Å². The number of rotatable bonds is 13. The maximum absolute atomic E-state index is 13.7. The highest BCUT2D eigenvalue weighted by atomic mass is 32.1. The SMILES string of the molecule is COc1ccc(CCOCCOc2ccc(-c3nnc([C@@](C)(N)CO[PH](=O)O)s3)cc2C(F)(F)F)cc1. The first-order valence-corrected chi connectivity index (χ1v) is 13.1. The lowest BCUT2D eigenvalue weighted by molar-refractivity contribution is -0.139. The van der Waals surface area contributed by atoms with E-state index in [1.807, 2.05) is 24.3 Å². The van der Waals surface area contributed by atoms with E-state index in [1.165, 1.54) is 19.1 Å². The molecule has 37 heavy (non-hydrogen) atoms. The van der Waals surface area contributed by atoms with Crippen molar-refractivity contribution in [3.8, 4) is 22.1 Å². The van der Waals surface area contributed by atoms with Crippen LogP contribution < -0.4 is 15.2 Å². The molecule has 1 aromatic heterocycles. The van der Waals surface area contributed by atoms with Gasteiger partial charge in [0, 0.05) is 5.56 Å². The molecule has 0 fully saturated rings. The zero-order valence-corrected chi connectivity index (χ0v) is 21.9. The van der Waals surface area contributed by atoms with Crippen LogP contribution in [0.2, 0.25) is 0 Å². The second-order valence-electron chi connectivity index (χ2n) is 8.15. The second kappa shape index (κ2) is 12.8. The summed E-state index contributed by atoms with van der Waals surface area (Å²) in [6.07, 6.45) is -4.03. The summed E-state index contributed by atoms with van der Waals surface area (Å²) in [6, 6.07) is 11.1. The Hall–Kier alpha value is -2.54. The van der Waals surface area contributed by atoms with Gasteiger partial charge in [-0.05, 0) is 49.2 Å². The molecule has 0 radical (unpaired) electrons. The van der Waals surface area contributed by atoms with Gasteiger partial charge in [0.25, 0.3) is 0 Å². The normalized spacial score (nSPS) is 14.2. The number of halogens is 3. The van der Waals surface area contributed by atoms with Crippen LogP contribution in [0.1, 0.15) is 23.1 Å². The van der Waals surface area contributed by atoms with Crippen LogP contribution in [-0.4, -0.2) is 48.6 Å². The van der Waals surface area contributed by atoms with Gasteiger partial charge in [0.2, 0.25) is 0 Å². The van der Waals surface area contributed by atoms with E-state index in [1.54, 1.807) is 7.11 Å². The highest BCUT2D eigenvalue weighted by molar-refractivity contribution is 7.32. The Labute approximate surface area is 216 Å². The Bertz CT molecular complexity index is 1190. The molecule has 0 saturated heterocycles. The predicted octanol–water partition coefficient (Wildman–Crippen LogP) is 4.44. The van der Waals surface area contributed by atoms with Crippen molar-refractivity contribution in [2.75, 3.05) is 33.5 Å². The number of nitrogens with zero attached hydrogens (tertiary/aromatic N) is 2. The quantitative estimate of drug-likeness (QED) is 0.230. The van der Waals surface area contributed by atoms with Crippen molar-refractivity contribution in [1.29, 1.82) is 0 Å². The largest absolute Gasteiger partial charge is 0.497 e. The van der Waals surface area contributed by atoms with E-state index in [0.29, 0.717) is 13.0 Å². The molecule has 0 bridgehead atoms. The first-order valence-electron chi connectivity index (χ1n) is 11.0. The van der Waals surface area contributed by atoms with Crippen molar-refractivity contribution in [2.45, 2.75) is 25.1 Å². The first kappa shape index (κ1) is 29.0. The molecule has 1 unspecified atom stereocenters. The Kier molecular flexibility index (Phi) is 10.0. The van der Waals surface area contributed by atoms with Gasteiger partial charge in [-0.3, -0.25) is 4.57 Å². The number of alkyl halides is 3. The Morgan fingerprint density at radius 3 is 2.46 bits per heavy atom. The number of hydrogen-bond donors (Lipinski definition) is 2. The van der Waals surface area contributed by atoms with E-state index in [9.17, 15) is 17.7 Å². The zero-order chi connectivity index (χ0) is 27.1. The molecule has 0 saturated carbocycles. The average Bonchev–Trinajstić information content (AvgIpc) is 3.36. The summed E-state index contributed by atoms with van der Waals surface area (Å²) in [5.41, 5.74) is 5.08. The van der Waals surface area contributed by atoms with E-state index in [0.717, 1.165) is 28.7 Å². The summed E-state index contributed by atoms with van der Waals surface area (Å²) in [6.45, 7) is 1.65.